The fraction of sp³-hybridized carbons (Fsp3) is 0.632. The molecule has 0 aromatic heterocycles. The molecule has 0 amide bonds. The number of unbranched alkanes of at least 4 members (excludes halogenated alkanes) is 12. The molecule has 0 spiro atoms. The van der Waals surface area contributed by atoms with Crippen LogP contribution in [0.2, 0.25) is 0 Å². The first-order valence-electron chi connectivity index (χ1n) is 18.1. The number of carbonyl (C=O) groups is 2. The fourth-order valence-electron chi connectivity index (χ4n) is 5.14. The van der Waals surface area contributed by atoms with Crippen LogP contribution in [0.1, 0.15) is 96.8 Å². The van der Waals surface area contributed by atoms with Gasteiger partial charge in [0.25, 0.3) is 0 Å². The highest BCUT2D eigenvalue weighted by molar-refractivity contribution is 7.47. The van der Waals surface area contributed by atoms with Gasteiger partial charge in [-0.15, -0.1) is 6.42 Å². The van der Waals surface area contributed by atoms with Gasteiger partial charge in [0.15, 0.2) is 6.10 Å². The van der Waals surface area contributed by atoms with Gasteiger partial charge >= 0.3 is 27.6 Å². The van der Waals surface area contributed by atoms with Crippen molar-refractivity contribution in [1.82, 2.24) is 0 Å². The first-order valence-corrected chi connectivity index (χ1v) is 21.1. The van der Waals surface area contributed by atoms with Crippen LogP contribution in [-0.4, -0.2) is 103 Å². The van der Waals surface area contributed by atoms with Gasteiger partial charge < -0.3 is 44.6 Å². The Kier molecular flexibility index (Phi) is 25.8. The molecular weight excluding hydrogens is 774 g/mol. The molecule has 0 aromatic rings. The van der Waals surface area contributed by atoms with E-state index in [0.717, 1.165) is 32.1 Å². The Balaban J connectivity index is 2.79. The standard InChI is InChI=1S/C38H50O16P2/c1-3-5-7-9-11-13-15-16-17-19-21-23-25-27-32(40)52-30(28-50-31(39)26-24-22-20-18-14-12-10-8-6-4-2)29-51-56(48,49)54-38-35(43)33(41)37(34(42)36(38)44)53-55(45,46)47/h2,30,33-38,41-44H,3,5,7,9,11,13,15-17,19,21,23,25,27-29H2,1H3,(H,48,49)(H2,45,46,47)/t30-,33+,34?,35?,36+,37+,38?/m1/s1. The van der Waals surface area contributed by atoms with Gasteiger partial charge in [-0.05, 0) is 65.6 Å². The first kappa shape index (κ1) is 50.4. The maximum absolute atomic E-state index is 12.8. The number of rotatable bonds is 24. The van der Waals surface area contributed by atoms with E-state index in [9.17, 15) is 44.0 Å². The molecule has 1 rings (SSSR count). The molecule has 1 aliphatic carbocycles. The van der Waals surface area contributed by atoms with Gasteiger partial charge in [-0.2, -0.15) is 0 Å². The van der Waals surface area contributed by atoms with Gasteiger partial charge in [0.05, 0.1) is 6.61 Å². The second kappa shape index (κ2) is 28.7. The van der Waals surface area contributed by atoms with Crippen molar-refractivity contribution in [2.45, 2.75) is 140 Å². The number of terminal acetylenes is 1. The van der Waals surface area contributed by atoms with Gasteiger partial charge in [0.1, 0.15) is 43.2 Å². The van der Waals surface area contributed by atoms with Gasteiger partial charge in [-0.3, -0.25) is 18.4 Å². The molecule has 308 valence electrons. The molecule has 0 aromatic carbocycles. The fourth-order valence-corrected chi connectivity index (χ4v) is 6.68. The van der Waals surface area contributed by atoms with Crippen molar-refractivity contribution in [2.24, 2.45) is 0 Å². The SMILES string of the molecule is C#CC#CC#CC#CC#CC#CC(=O)OC[C@H](COP(=O)(O)OC1C(O)[C@H](O)[C@H](OP(=O)(O)O)C(O)[C@@H]1O)OC(=O)CCCCCCCCCCCCCCC. The molecule has 1 fully saturated rings. The molecule has 0 radical (unpaired) electrons. The van der Waals surface area contributed by atoms with E-state index in [1.165, 1.54) is 44.9 Å². The molecule has 8 atom stereocenters. The predicted molar refractivity (Wildman–Crippen MR) is 200 cm³/mol. The molecular formula is C38H50O16P2. The van der Waals surface area contributed by atoms with Crippen molar-refractivity contribution in [1.29, 1.82) is 0 Å². The number of hydrogen-bond donors (Lipinski definition) is 7. The summed E-state index contributed by atoms with van der Waals surface area (Å²) in [5.41, 5.74) is 0. The number of phosphoric ester groups is 2. The monoisotopic (exact) mass is 824 g/mol. The van der Waals surface area contributed by atoms with Crippen LogP contribution >= 0.6 is 15.6 Å². The van der Waals surface area contributed by atoms with Crippen LogP contribution in [0.5, 0.6) is 0 Å². The Bertz CT molecular complexity index is 1680. The highest BCUT2D eigenvalue weighted by atomic mass is 31.2. The van der Waals surface area contributed by atoms with Gasteiger partial charge in [0, 0.05) is 12.3 Å². The summed E-state index contributed by atoms with van der Waals surface area (Å²) in [4.78, 5) is 53.2. The predicted octanol–water partition coefficient (Wildman–Crippen LogP) is 2.01. The van der Waals surface area contributed by atoms with E-state index in [1.807, 2.05) is 5.92 Å². The lowest BCUT2D eigenvalue weighted by atomic mass is 9.85. The van der Waals surface area contributed by atoms with Crippen molar-refractivity contribution in [2.75, 3.05) is 13.2 Å². The van der Waals surface area contributed by atoms with Crippen LogP contribution in [0.3, 0.4) is 0 Å². The molecule has 0 saturated heterocycles. The smallest absolute Gasteiger partial charge is 0.456 e. The Morgan fingerprint density at radius 3 is 1.52 bits per heavy atom. The van der Waals surface area contributed by atoms with Crippen LogP contribution in [0.4, 0.5) is 0 Å². The number of esters is 2. The molecule has 7 N–H and O–H groups in total. The topological polar surface area (TPSA) is 256 Å². The lowest BCUT2D eigenvalue weighted by molar-refractivity contribution is -0.216. The summed E-state index contributed by atoms with van der Waals surface area (Å²) in [6.45, 7) is 0.543. The normalized spacial score (nSPS) is 21.5. The number of phosphoric acid groups is 2. The van der Waals surface area contributed by atoms with Crippen molar-refractivity contribution in [3.63, 3.8) is 0 Å². The Labute approximate surface area is 328 Å². The zero-order valence-electron chi connectivity index (χ0n) is 31.1. The third kappa shape index (κ3) is 23.4. The summed E-state index contributed by atoms with van der Waals surface area (Å²) in [5.74, 6) is 23.1. The Morgan fingerprint density at radius 2 is 1.05 bits per heavy atom. The zero-order valence-corrected chi connectivity index (χ0v) is 32.9. The van der Waals surface area contributed by atoms with E-state index in [4.69, 9.17) is 34.7 Å². The Morgan fingerprint density at radius 1 is 0.625 bits per heavy atom. The lowest BCUT2D eigenvalue weighted by Gasteiger charge is -2.43. The van der Waals surface area contributed by atoms with E-state index >= 15 is 0 Å². The summed E-state index contributed by atoms with van der Waals surface area (Å²) in [6, 6.07) is 0. The molecule has 16 nitrogen and oxygen atoms in total. The van der Waals surface area contributed by atoms with Crippen molar-refractivity contribution in [3.8, 4) is 71.5 Å². The number of aliphatic hydroxyl groups excluding tert-OH is 4. The maximum Gasteiger partial charge on any atom is 0.472 e. The zero-order chi connectivity index (χ0) is 41.8. The van der Waals surface area contributed by atoms with Crippen LogP contribution in [0.15, 0.2) is 0 Å². The average Bonchev–Trinajstić information content (AvgIpc) is 3.14. The summed E-state index contributed by atoms with van der Waals surface area (Å²) in [7, 11) is -10.7. The second-order valence-corrected chi connectivity index (χ2v) is 15.1. The molecule has 56 heavy (non-hydrogen) atoms. The van der Waals surface area contributed by atoms with E-state index in [-0.39, 0.29) is 6.42 Å². The molecule has 1 aliphatic rings. The summed E-state index contributed by atoms with van der Waals surface area (Å²) >= 11 is 0. The highest BCUT2D eigenvalue weighted by Gasteiger charge is 2.54. The second-order valence-electron chi connectivity index (χ2n) is 12.5. The van der Waals surface area contributed by atoms with E-state index in [0.29, 0.717) is 6.42 Å². The van der Waals surface area contributed by atoms with Gasteiger partial charge in [0.2, 0.25) is 0 Å². The van der Waals surface area contributed by atoms with Crippen LogP contribution in [0, 0.1) is 71.5 Å². The number of hydrogen-bond acceptors (Lipinski definition) is 13. The first-order chi connectivity index (χ1) is 26.6. The van der Waals surface area contributed by atoms with Crippen LogP contribution in [0.25, 0.3) is 0 Å². The van der Waals surface area contributed by atoms with Crippen molar-refractivity contribution < 1.29 is 76.9 Å². The highest BCUT2D eigenvalue weighted by Crippen LogP contribution is 2.48. The molecule has 0 bridgehead atoms. The quantitative estimate of drug-likeness (QED) is 0.0242. The Hall–Kier alpha value is -3.64. The minimum atomic E-state index is -5.34. The van der Waals surface area contributed by atoms with E-state index in [1.54, 1.807) is 0 Å². The number of carbonyl (C=O) groups excluding carboxylic acids is 2. The summed E-state index contributed by atoms with van der Waals surface area (Å²) < 4.78 is 48.1. The number of aliphatic hydroxyl groups is 4. The molecule has 1 saturated carbocycles. The lowest BCUT2D eigenvalue weighted by Crippen LogP contribution is -2.64. The summed E-state index contributed by atoms with van der Waals surface area (Å²) in [6.07, 6.45) is 3.91. The van der Waals surface area contributed by atoms with Crippen molar-refractivity contribution in [3.05, 3.63) is 0 Å². The molecule has 0 aliphatic heterocycles. The minimum absolute atomic E-state index is 0.0269. The van der Waals surface area contributed by atoms with E-state index < -0.39 is 83.5 Å². The molecule has 4 unspecified atom stereocenters. The third-order valence-electron chi connectivity index (χ3n) is 7.90. The molecule has 18 heteroatoms. The van der Waals surface area contributed by atoms with Gasteiger partial charge in [-0.1, -0.05) is 84.0 Å². The third-order valence-corrected chi connectivity index (χ3v) is 9.41. The average molecular weight is 825 g/mol. The van der Waals surface area contributed by atoms with E-state index in [2.05, 4.69) is 70.7 Å². The minimum Gasteiger partial charge on any atom is -0.456 e. The van der Waals surface area contributed by atoms with Crippen molar-refractivity contribution >= 4 is 27.6 Å². The van der Waals surface area contributed by atoms with Crippen LogP contribution < -0.4 is 0 Å². The number of ether oxygens (including phenoxy) is 2. The maximum atomic E-state index is 12.8. The summed E-state index contributed by atoms with van der Waals surface area (Å²) in [5, 5.41) is 41.1. The largest absolute Gasteiger partial charge is 0.472 e. The molecule has 0 heterocycles. The van der Waals surface area contributed by atoms with Gasteiger partial charge in [-0.25, -0.2) is 13.9 Å². The van der Waals surface area contributed by atoms with Crippen LogP contribution in [-0.2, 0) is 41.8 Å².